The molecule has 0 aliphatic carbocycles. The highest BCUT2D eigenvalue weighted by atomic mass is 32.2. The van der Waals surface area contributed by atoms with Gasteiger partial charge in [-0.3, -0.25) is 4.68 Å². The minimum absolute atomic E-state index is 0.250. The number of nitrogens with zero attached hydrogens (tertiary/aromatic N) is 5. The van der Waals surface area contributed by atoms with Crippen LogP contribution < -0.4 is 0 Å². The Balaban J connectivity index is 1.75. The van der Waals surface area contributed by atoms with Crippen molar-refractivity contribution in [2.24, 2.45) is 7.05 Å². The molecule has 3 aromatic heterocycles. The molecule has 0 spiro atoms. The Kier molecular flexibility index (Phi) is 3.55. The minimum atomic E-state index is -3.50. The second-order valence-electron chi connectivity index (χ2n) is 5.56. The van der Waals surface area contributed by atoms with E-state index in [1.165, 1.54) is 15.6 Å². The fourth-order valence-electron chi connectivity index (χ4n) is 2.88. The number of hydrogen-bond donors (Lipinski definition) is 0. The summed E-state index contributed by atoms with van der Waals surface area (Å²) in [6, 6.07) is 3.37. The lowest BCUT2D eigenvalue weighted by molar-refractivity contribution is 0.386. The lowest BCUT2D eigenvalue weighted by atomic mass is 10.1. The van der Waals surface area contributed by atoms with Crippen LogP contribution in [-0.2, 0) is 30.0 Å². The molecule has 0 aromatic carbocycles. The molecule has 0 bridgehead atoms. The van der Waals surface area contributed by atoms with Crippen molar-refractivity contribution in [2.45, 2.75) is 24.1 Å². The molecule has 3 aromatic rings. The van der Waals surface area contributed by atoms with Crippen molar-refractivity contribution in [3.05, 3.63) is 34.6 Å². The van der Waals surface area contributed by atoms with Crippen LogP contribution in [0.5, 0.6) is 0 Å². The number of aromatic nitrogens is 4. The quantitative estimate of drug-likeness (QED) is 0.699. The van der Waals surface area contributed by atoms with Gasteiger partial charge in [0.15, 0.2) is 11.5 Å². The Morgan fingerprint density at radius 2 is 2.21 bits per heavy atom. The van der Waals surface area contributed by atoms with Crippen molar-refractivity contribution in [2.75, 3.05) is 6.54 Å². The SMILES string of the molecule is Cc1noc(-c2nn(C)c3c2CN(S(=O)(=O)c2cccs2)CC3)n1. The molecule has 24 heavy (non-hydrogen) atoms. The van der Waals surface area contributed by atoms with Crippen molar-refractivity contribution in [3.8, 4) is 11.6 Å². The smallest absolute Gasteiger partial charge is 0.278 e. The molecule has 8 nitrogen and oxygen atoms in total. The maximum absolute atomic E-state index is 12.8. The van der Waals surface area contributed by atoms with Gasteiger partial charge in [-0.25, -0.2) is 8.42 Å². The number of aryl methyl sites for hydroxylation is 2. The number of sulfonamides is 1. The van der Waals surface area contributed by atoms with Gasteiger partial charge in [0.05, 0.1) is 0 Å². The highest BCUT2D eigenvalue weighted by molar-refractivity contribution is 7.91. The molecule has 0 amide bonds. The Hall–Kier alpha value is -2.04. The fourth-order valence-corrected chi connectivity index (χ4v) is 5.43. The van der Waals surface area contributed by atoms with Gasteiger partial charge in [-0.1, -0.05) is 11.2 Å². The molecule has 126 valence electrons. The van der Waals surface area contributed by atoms with Gasteiger partial charge in [0, 0.05) is 37.8 Å². The summed E-state index contributed by atoms with van der Waals surface area (Å²) in [6.07, 6.45) is 0.594. The molecule has 0 saturated heterocycles. The van der Waals surface area contributed by atoms with Crippen LogP contribution in [0.25, 0.3) is 11.6 Å². The van der Waals surface area contributed by atoms with E-state index in [9.17, 15) is 8.42 Å². The summed E-state index contributed by atoms with van der Waals surface area (Å²) in [5.74, 6) is 0.836. The molecule has 1 aliphatic heterocycles. The zero-order valence-corrected chi connectivity index (χ0v) is 14.8. The Bertz CT molecular complexity index is 988. The monoisotopic (exact) mass is 365 g/mol. The second kappa shape index (κ2) is 5.50. The standard InChI is InChI=1S/C14H15N5O3S2/c1-9-15-14(22-17-9)13-10-8-19(6-5-11(10)18(2)16-13)24(20,21)12-4-3-7-23-12/h3-4,7H,5-6,8H2,1-2H3. The lowest BCUT2D eigenvalue weighted by Crippen LogP contribution is -2.36. The third-order valence-corrected chi connectivity index (χ3v) is 7.24. The van der Waals surface area contributed by atoms with E-state index in [0.717, 1.165) is 11.3 Å². The van der Waals surface area contributed by atoms with Gasteiger partial charge in [-0.05, 0) is 18.4 Å². The van der Waals surface area contributed by atoms with Crippen molar-refractivity contribution >= 4 is 21.4 Å². The molecule has 4 heterocycles. The zero-order valence-electron chi connectivity index (χ0n) is 13.1. The number of rotatable bonds is 3. The largest absolute Gasteiger partial charge is 0.332 e. The summed E-state index contributed by atoms with van der Waals surface area (Å²) < 4.78 is 34.4. The lowest BCUT2D eigenvalue weighted by Gasteiger charge is -2.26. The topological polar surface area (TPSA) is 94.1 Å². The van der Waals surface area contributed by atoms with Crippen LogP contribution in [0.3, 0.4) is 0 Å². The first-order valence-electron chi connectivity index (χ1n) is 7.36. The Morgan fingerprint density at radius 1 is 1.38 bits per heavy atom. The van der Waals surface area contributed by atoms with Gasteiger partial charge in [0.25, 0.3) is 15.9 Å². The molecule has 0 N–H and O–H groups in total. The van der Waals surface area contributed by atoms with Crippen LogP contribution in [0.15, 0.2) is 26.2 Å². The van der Waals surface area contributed by atoms with Crippen molar-refractivity contribution < 1.29 is 12.9 Å². The predicted molar refractivity (Wildman–Crippen MR) is 86.9 cm³/mol. The van der Waals surface area contributed by atoms with Gasteiger partial charge in [0.1, 0.15) is 4.21 Å². The number of thiophene rings is 1. The van der Waals surface area contributed by atoms with Crippen LogP contribution in [0.4, 0.5) is 0 Å². The van der Waals surface area contributed by atoms with Crippen LogP contribution >= 0.6 is 11.3 Å². The van der Waals surface area contributed by atoms with Gasteiger partial charge in [0.2, 0.25) is 0 Å². The molecule has 4 rings (SSSR count). The van der Waals surface area contributed by atoms with Gasteiger partial charge in [-0.2, -0.15) is 14.4 Å². The average Bonchev–Trinajstić information content (AvgIpc) is 3.28. The van der Waals surface area contributed by atoms with E-state index >= 15 is 0 Å². The molecule has 0 radical (unpaired) electrons. The summed E-state index contributed by atoms with van der Waals surface area (Å²) in [5.41, 5.74) is 2.38. The molecule has 0 fully saturated rings. The summed E-state index contributed by atoms with van der Waals surface area (Å²) in [7, 11) is -1.66. The highest BCUT2D eigenvalue weighted by Crippen LogP contribution is 2.32. The van der Waals surface area contributed by atoms with E-state index in [2.05, 4.69) is 15.2 Å². The third kappa shape index (κ3) is 2.38. The molecular weight excluding hydrogens is 350 g/mol. The molecule has 0 saturated carbocycles. The van der Waals surface area contributed by atoms with E-state index in [-0.39, 0.29) is 6.54 Å². The fraction of sp³-hybridized carbons (Fsp3) is 0.357. The summed E-state index contributed by atoms with van der Waals surface area (Å²) in [4.78, 5) is 4.22. The first-order chi connectivity index (χ1) is 11.5. The van der Waals surface area contributed by atoms with Crippen molar-refractivity contribution in [3.63, 3.8) is 0 Å². The van der Waals surface area contributed by atoms with Crippen LogP contribution in [0.2, 0.25) is 0 Å². The number of hydrogen-bond acceptors (Lipinski definition) is 7. The van der Waals surface area contributed by atoms with Crippen LogP contribution in [-0.4, -0.2) is 39.2 Å². The van der Waals surface area contributed by atoms with E-state index < -0.39 is 10.0 Å². The number of fused-ring (bicyclic) bond motifs is 1. The minimum Gasteiger partial charge on any atom is -0.332 e. The van der Waals surface area contributed by atoms with Gasteiger partial charge < -0.3 is 4.52 Å². The second-order valence-corrected chi connectivity index (χ2v) is 8.68. The van der Waals surface area contributed by atoms with Gasteiger partial charge >= 0.3 is 0 Å². The molecule has 0 atom stereocenters. The van der Waals surface area contributed by atoms with Crippen LogP contribution in [0, 0.1) is 6.92 Å². The van der Waals surface area contributed by atoms with E-state index in [0.29, 0.717) is 34.6 Å². The van der Waals surface area contributed by atoms with E-state index in [1.807, 2.05) is 7.05 Å². The normalized spacial score (nSPS) is 15.6. The van der Waals surface area contributed by atoms with E-state index in [1.54, 1.807) is 29.1 Å². The third-order valence-electron chi connectivity index (χ3n) is 4.03. The molecule has 0 unspecified atom stereocenters. The van der Waals surface area contributed by atoms with Crippen molar-refractivity contribution in [1.82, 2.24) is 24.2 Å². The van der Waals surface area contributed by atoms with Gasteiger partial charge in [-0.15, -0.1) is 11.3 Å². The molecular formula is C14H15N5O3S2. The maximum atomic E-state index is 12.8. The first kappa shape index (κ1) is 15.5. The highest BCUT2D eigenvalue weighted by Gasteiger charge is 2.33. The summed E-state index contributed by atoms with van der Waals surface area (Å²) in [5, 5.41) is 10.0. The Labute approximate surface area is 142 Å². The first-order valence-corrected chi connectivity index (χ1v) is 9.68. The molecule has 10 heteroatoms. The Morgan fingerprint density at radius 3 is 2.88 bits per heavy atom. The van der Waals surface area contributed by atoms with E-state index in [4.69, 9.17) is 4.52 Å². The summed E-state index contributed by atoms with van der Waals surface area (Å²) >= 11 is 1.22. The maximum Gasteiger partial charge on any atom is 0.278 e. The predicted octanol–water partition coefficient (Wildman–Crippen LogP) is 1.59. The van der Waals surface area contributed by atoms with Crippen LogP contribution in [0.1, 0.15) is 17.1 Å². The zero-order chi connectivity index (χ0) is 16.9. The molecule has 1 aliphatic rings. The average molecular weight is 365 g/mol. The van der Waals surface area contributed by atoms with Crippen molar-refractivity contribution in [1.29, 1.82) is 0 Å². The summed E-state index contributed by atoms with van der Waals surface area (Å²) in [6.45, 7) is 2.41.